The quantitative estimate of drug-likeness (QED) is 0.475. The first-order chi connectivity index (χ1) is 6.52. The lowest BCUT2D eigenvalue weighted by Gasteiger charge is -2.31. The van der Waals surface area contributed by atoms with Gasteiger partial charge < -0.3 is 0 Å². The maximum absolute atomic E-state index is 2.35. The molecule has 2 nitrogen and oxygen atoms in total. The van der Waals surface area contributed by atoms with E-state index in [-0.39, 0.29) is 8.80 Å². The molecule has 0 saturated heterocycles. The topological polar surface area (TPSA) is 6.48 Å². The zero-order chi connectivity index (χ0) is 11.1. The van der Waals surface area contributed by atoms with Crippen LogP contribution in [0.1, 0.15) is 20.3 Å². The Morgan fingerprint density at radius 3 is 1.64 bits per heavy atom. The molecule has 0 heterocycles. The van der Waals surface area contributed by atoms with Crippen molar-refractivity contribution >= 4 is 8.80 Å². The van der Waals surface area contributed by atoms with Gasteiger partial charge in [0, 0.05) is 8.80 Å². The number of rotatable bonds is 7. The van der Waals surface area contributed by atoms with E-state index in [1.165, 1.54) is 24.6 Å². The highest BCUT2D eigenvalue weighted by Gasteiger charge is 2.15. The van der Waals surface area contributed by atoms with Crippen LogP contribution in [-0.2, 0) is 0 Å². The summed E-state index contributed by atoms with van der Waals surface area (Å²) in [6, 6.07) is 4.31. The number of hydrogen-bond donors (Lipinski definition) is 0. The Morgan fingerprint density at radius 2 is 1.36 bits per heavy atom. The zero-order valence-electron chi connectivity index (χ0n) is 10.8. The third kappa shape index (κ3) is 5.13. The Morgan fingerprint density at radius 1 is 0.929 bits per heavy atom. The highest BCUT2D eigenvalue weighted by Crippen LogP contribution is 2.13. The van der Waals surface area contributed by atoms with Gasteiger partial charge in [-0.1, -0.05) is 32.0 Å². The molecule has 0 spiro atoms. The van der Waals surface area contributed by atoms with Crippen LogP contribution >= 0.6 is 0 Å². The molecule has 0 rings (SSSR count). The predicted octanol–water partition coefficient (Wildman–Crippen LogP) is 2.36. The lowest BCUT2D eigenvalue weighted by molar-refractivity contribution is 0.125. The van der Waals surface area contributed by atoms with Gasteiger partial charge >= 0.3 is 0 Å². The van der Waals surface area contributed by atoms with Crippen LogP contribution in [0.15, 0.2) is 0 Å². The van der Waals surface area contributed by atoms with E-state index < -0.39 is 0 Å². The summed E-state index contributed by atoms with van der Waals surface area (Å²) in [6.07, 6.45) is 1.95. The van der Waals surface area contributed by atoms with Crippen LogP contribution in [0, 0.1) is 0 Å². The Balaban J connectivity index is 3.92. The van der Waals surface area contributed by atoms with Crippen LogP contribution in [0.4, 0.5) is 0 Å². The predicted molar refractivity (Wildman–Crippen MR) is 67.3 cm³/mol. The van der Waals surface area contributed by atoms with Gasteiger partial charge in [0.2, 0.25) is 0 Å². The Kier molecular flexibility index (Phi) is 7.50. The van der Waals surface area contributed by atoms with Crippen LogP contribution in [0.5, 0.6) is 0 Å². The lowest BCUT2D eigenvalue weighted by atomic mass is 10.3. The summed E-state index contributed by atoms with van der Waals surface area (Å²) in [7, 11) is 8.66. The van der Waals surface area contributed by atoms with Gasteiger partial charge in [0.1, 0.15) is 0 Å². The van der Waals surface area contributed by atoms with Gasteiger partial charge in [-0.2, -0.15) is 0 Å². The largest absolute Gasteiger partial charge is 0.294 e. The Labute approximate surface area is 91.9 Å². The van der Waals surface area contributed by atoms with Gasteiger partial charge in [-0.05, 0) is 34.6 Å². The van der Waals surface area contributed by atoms with Crippen LogP contribution in [0.2, 0.25) is 18.1 Å². The third-order valence-corrected chi connectivity index (χ3v) is 5.94. The molecule has 0 bridgehead atoms. The van der Waals surface area contributed by atoms with Crippen LogP contribution in [0.3, 0.4) is 0 Å². The molecule has 0 amide bonds. The van der Waals surface area contributed by atoms with Gasteiger partial charge in [0.15, 0.2) is 0 Å². The van der Waals surface area contributed by atoms with Crippen molar-refractivity contribution in [3.8, 4) is 0 Å². The van der Waals surface area contributed by atoms with E-state index in [0.29, 0.717) is 6.17 Å². The van der Waals surface area contributed by atoms with E-state index in [1.807, 2.05) is 0 Å². The summed E-state index contributed by atoms with van der Waals surface area (Å²) in [5, 5.41) is 0. The highest BCUT2D eigenvalue weighted by atomic mass is 28.3. The second-order valence-electron chi connectivity index (χ2n) is 4.40. The SMILES string of the molecule is CC[Si](CC)CCC(N(C)C)N(C)C. The Hall–Kier alpha value is 0.137. The molecule has 14 heavy (non-hydrogen) atoms. The smallest absolute Gasteiger partial charge is 0.0609 e. The summed E-state index contributed by atoms with van der Waals surface area (Å²) in [4.78, 5) is 4.65. The van der Waals surface area contributed by atoms with Crippen LogP contribution < -0.4 is 0 Å². The van der Waals surface area contributed by atoms with Crippen molar-refractivity contribution in [3.05, 3.63) is 0 Å². The summed E-state index contributed by atoms with van der Waals surface area (Å²) >= 11 is 0. The van der Waals surface area contributed by atoms with Crippen molar-refractivity contribution in [2.75, 3.05) is 28.2 Å². The number of hydrogen-bond acceptors (Lipinski definition) is 2. The van der Waals surface area contributed by atoms with Gasteiger partial charge in [-0.15, -0.1) is 0 Å². The molecule has 0 aliphatic carbocycles. The fourth-order valence-corrected chi connectivity index (χ4v) is 3.79. The molecular weight excluding hydrogens is 188 g/mol. The minimum atomic E-state index is -0.0378. The molecule has 1 radical (unpaired) electrons. The minimum absolute atomic E-state index is 0.0378. The average molecular weight is 215 g/mol. The normalized spacial score (nSPS) is 12.4. The number of nitrogens with zero attached hydrogens (tertiary/aromatic N) is 2. The zero-order valence-corrected chi connectivity index (χ0v) is 11.8. The van der Waals surface area contributed by atoms with E-state index in [9.17, 15) is 0 Å². The molecule has 0 aromatic carbocycles. The summed E-state index contributed by atoms with van der Waals surface area (Å²) in [5.74, 6) is 0. The molecule has 0 aromatic heterocycles. The van der Waals surface area contributed by atoms with Gasteiger partial charge in [-0.25, -0.2) is 0 Å². The summed E-state index contributed by atoms with van der Waals surface area (Å²) in [5.41, 5.74) is 0. The third-order valence-electron chi connectivity index (χ3n) is 2.95. The highest BCUT2D eigenvalue weighted by molar-refractivity contribution is 6.58. The standard InChI is InChI=1S/C11H27N2Si/c1-7-14(8-2)10-9-11(12(3)4)13(5)6/h11H,7-10H2,1-6H3. The summed E-state index contributed by atoms with van der Waals surface area (Å²) in [6.45, 7) is 4.69. The minimum Gasteiger partial charge on any atom is -0.294 e. The fourth-order valence-electron chi connectivity index (χ4n) is 1.92. The van der Waals surface area contributed by atoms with E-state index in [1.54, 1.807) is 0 Å². The molecule has 0 aliphatic rings. The summed E-state index contributed by atoms with van der Waals surface area (Å²) < 4.78 is 0. The molecule has 0 unspecified atom stereocenters. The second kappa shape index (κ2) is 7.43. The first kappa shape index (κ1) is 14.1. The monoisotopic (exact) mass is 215 g/mol. The molecule has 0 aliphatic heterocycles. The maximum atomic E-state index is 2.35. The van der Waals surface area contributed by atoms with Crippen molar-refractivity contribution in [1.82, 2.24) is 9.80 Å². The average Bonchev–Trinajstić information content (AvgIpc) is 2.11. The fraction of sp³-hybridized carbons (Fsp3) is 1.00. The van der Waals surface area contributed by atoms with E-state index in [0.717, 1.165) is 0 Å². The van der Waals surface area contributed by atoms with E-state index >= 15 is 0 Å². The molecule has 0 saturated carbocycles. The van der Waals surface area contributed by atoms with Crippen molar-refractivity contribution in [1.29, 1.82) is 0 Å². The molecule has 3 heteroatoms. The molecule has 85 valence electrons. The Bertz CT molecular complexity index is 125. The first-order valence-electron chi connectivity index (χ1n) is 5.69. The van der Waals surface area contributed by atoms with Crippen LogP contribution in [-0.4, -0.2) is 53.0 Å². The van der Waals surface area contributed by atoms with Crippen molar-refractivity contribution in [2.45, 2.75) is 44.6 Å². The van der Waals surface area contributed by atoms with Crippen molar-refractivity contribution < 1.29 is 0 Å². The van der Waals surface area contributed by atoms with Gasteiger partial charge in [0.25, 0.3) is 0 Å². The van der Waals surface area contributed by atoms with Crippen molar-refractivity contribution in [2.24, 2.45) is 0 Å². The molecule has 0 N–H and O–H groups in total. The van der Waals surface area contributed by atoms with E-state index in [4.69, 9.17) is 0 Å². The molecule has 0 fully saturated rings. The van der Waals surface area contributed by atoms with E-state index in [2.05, 4.69) is 51.8 Å². The second-order valence-corrected chi connectivity index (χ2v) is 7.82. The van der Waals surface area contributed by atoms with Gasteiger partial charge in [-0.3, -0.25) is 9.80 Å². The van der Waals surface area contributed by atoms with Crippen LogP contribution in [0.25, 0.3) is 0 Å². The first-order valence-corrected chi connectivity index (χ1v) is 7.81. The molecular formula is C11H27N2Si. The molecule has 0 aromatic rings. The lowest BCUT2D eigenvalue weighted by Crippen LogP contribution is -2.41. The maximum Gasteiger partial charge on any atom is 0.0609 e. The molecule has 0 atom stereocenters. The van der Waals surface area contributed by atoms with Gasteiger partial charge in [0.05, 0.1) is 6.17 Å². The van der Waals surface area contributed by atoms with Crippen molar-refractivity contribution in [3.63, 3.8) is 0 Å².